The Balaban J connectivity index is 1.97. The number of benzene rings is 2. The number of H-pyrrole nitrogens is 1. The first-order valence-electron chi connectivity index (χ1n) is 9.36. The molecule has 0 atom stereocenters. The minimum absolute atomic E-state index is 0.0116. The van der Waals surface area contributed by atoms with E-state index in [0.717, 1.165) is 5.56 Å². The van der Waals surface area contributed by atoms with Crippen LogP contribution in [0.2, 0.25) is 0 Å². The van der Waals surface area contributed by atoms with Crippen LogP contribution in [0.5, 0.6) is 5.88 Å². The first-order chi connectivity index (χ1) is 14.3. The molecule has 7 nitrogen and oxygen atoms in total. The SMILES string of the molecule is CC(=O)Nc1ccc(N=Cc2c(O)n(-c3ccc(C(C)C)cc3)c(=S)[nH]c2=O)cc1. The van der Waals surface area contributed by atoms with Gasteiger partial charge in [-0.3, -0.25) is 24.1 Å². The summed E-state index contributed by atoms with van der Waals surface area (Å²) in [5.41, 5.74) is 2.43. The second-order valence-corrected chi connectivity index (χ2v) is 7.45. The lowest BCUT2D eigenvalue weighted by molar-refractivity contribution is -0.114. The Morgan fingerprint density at radius 1 is 1.17 bits per heavy atom. The number of anilines is 1. The molecule has 0 saturated heterocycles. The minimum atomic E-state index is -0.536. The van der Waals surface area contributed by atoms with Crippen LogP contribution in [-0.4, -0.2) is 26.8 Å². The number of aromatic amines is 1. The van der Waals surface area contributed by atoms with E-state index in [1.165, 1.54) is 17.7 Å². The molecule has 1 amide bonds. The van der Waals surface area contributed by atoms with Crippen molar-refractivity contribution in [2.24, 2.45) is 4.99 Å². The van der Waals surface area contributed by atoms with Crippen molar-refractivity contribution in [3.63, 3.8) is 0 Å². The number of rotatable bonds is 5. The number of aromatic nitrogens is 2. The maximum Gasteiger partial charge on any atom is 0.264 e. The smallest absolute Gasteiger partial charge is 0.264 e. The molecule has 0 aliphatic heterocycles. The summed E-state index contributed by atoms with van der Waals surface area (Å²) in [5.74, 6) is -0.0896. The van der Waals surface area contributed by atoms with Crippen LogP contribution in [0.1, 0.15) is 37.8 Å². The number of nitrogens with one attached hydrogen (secondary N) is 2. The fourth-order valence-electron chi connectivity index (χ4n) is 2.88. The van der Waals surface area contributed by atoms with Crippen LogP contribution < -0.4 is 10.9 Å². The van der Waals surface area contributed by atoms with Crippen LogP contribution in [0, 0.1) is 4.77 Å². The first kappa shape index (κ1) is 21.2. The highest BCUT2D eigenvalue weighted by atomic mass is 32.1. The van der Waals surface area contributed by atoms with Gasteiger partial charge in [0.2, 0.25) is 11.8 Å². The first-order valence-corrected chi connectivity index (χ1v) is 9.77. The van der Waals surface area contributed by atoms with Gasteiger partial charge in [-0.1, -0.05) is 26.0 Å². The molecule has 0 aliphatic carbocycles. The molecular weight excluding hydrogens is 400 g/mol. The molecule has 154 valence electrons. The zero-order valence-electron chi connectivity index (χ0n) is 16.8. The maximum absolute atomic E-state index is 12.4. The van der Waals surface area contributed by atoms with Gasteiger partial charge in [-0.2, -0.15) is 0 Å². The lowest BCUT2D eigenvalue weighted by atomic mass is 10.0. The standard InChI is InChI=1S/C22H22N4O3S/c1-13(2)15-4-10-18(11-5-15)26-21(29)19(20(28)25-22(26)30)12-23-16-6-8-17(9-7-16)24-14(3)27/h4-13,29H,1-3H3,(H,24,27)(H,25,28,30). The van der Waals surface area contributed by atoms with Crippen molar-refractivity contribution in [2.75, 3.05) is 5.32 Å². The summed E-state index contributed by atoms with van der Waals surface area (Å²) < 4.78 is 1.48. The molecule has 3 rings (SSSR count). The van der Waals surface area contributed by atoms with Crippen molar-refractivity contribution in [3.05, 3.63) is 74.8 Å². The van der Waals surface area contributed by atoms with E-state index in [2.05, 4.69) is 29.1 Å². The van der Waals surface area contributed by atoms with Crippen LogP contribution >= 0.6 is 12.2 Å². The van der Waals surface area contributed by atoms with E-state index < -0.39 is 5.56 Å². The van der Waals surface area contributed by atoms with Crippen molar-refractivity contribution >= 4 is 35.7 Å². The van der Waals surface area contributed by atoms with Crippen molar-refractivity contribution in [3.8, 4) is 11.6 Å². The van der Waals surface area contributed by atoms with Gasteiger partial charge >= 0.3 is 0 Å². The summed E-state index contributed by atoms with van der Waals surface area (Å²) in [4.78, 5) is 30.3. The van der Waals surface area contributed by atoms with E-state index in [0.29, 0.717) is 23.0 Å². The molecule has 0 radical (unpaired) electrons. The van der Waals surface area contributed by atoms with Gasteiger partial charge in [0, 0.05) is 18.8 Å². The third-order valence-corrected chi connectivity index (χ3v) is 4.75. The van der Waals surface area contributed by atoms with Crippen LogP contribution in [0.15, 0.2) is 58.3 Å². The van der Waals surface area contributed by atoms with Gasteiger partial charge < -0.3 is 10.4 Å². The fraction of sp³-hybridized carbons (Fsp3) is 0.182. The molecule has 0 unspecified atom stereocenters. The lowest BCUT2D eigenvalue weighted by Crippen LogP contribution is -2.18. The van der Waals surface area contributed by atoms with Gasteiger partial charge in [0.15, 0.2) is 4.77 Å². The zero-order valence-corrected chi connectivity index (χ0v) is 17.7. The van der Waals surface area contributed by atoms with Crippen LogP contribution in [0.25, 0.3) is 5.69 Å². The molecule has 0 fully saturated rings. The Morgan fingerprint density at radius 2 is 1.80 bits per heavy atom. The van der Waals surface area contributed by atoms with Gasteiger partial charge in [0.1, 0.15) is 5.56 Å². The molecule has 2 aromatic carbocycles. The van der Waals surface area contributed by atoms with Crippen LogP contribution in [0.3, 0.4) is 0 Å². The Bertz CT molecular complexity index is 1210. The number of aliphatic imine (C=N–C) groups is 1. The second-order valence-electron chi connectivity index (χ2n) is 7.06. The average Bonchev–Trinajstić information content (AvgIpc) is 2.68. The number of hydrogen-bond donors (Lipinski definition) is 3. The third-order valence-electron chi connectivity index (χ3n) is 4.47. The summed E-state index contributed by atoms with van der Waals surface area (Å²) in [6.07, 6.45) is 1.29. The van der Waals surface area contributed by atoms with Gasteiger partial charge in [-0.05, 0) is 60.1 Å². The van der Waals surface area contributed by atoms with E-state index in [9.17, 15) is 14.7 Å². The lowest BCUT2D eigenvalue weighted by Gasteiger charge is -2.12. The number of carbonyl (C=O) groups excluding carboxylic acids is 1. The fourth-order valence-corrected chi connectivity index (χ4v) is 3.16. The molecule has 0 saturated carbocycles. The highest BCUT2D eigenvalue weighted by Gasteiger charge is 2.13. The van der Waals surface area contributed by atoms with Gasteiger partial charge in [-0.15, -0.1) is 0 Å². The van der Waals surface area contributed by atoms with Crippen molar-refractivity contribution in [1.82, 2.24) is 9.55 Å². The molecular formula is C22H22N4O3S. The predicted octanol–water partition coefficient (Wildman–Crippen LogP) is 4.43. The minimum Gasteiger partial charge on any atom is -0.494 e. The second kappa shape index (κ2) is 8.87. The van der Waals surface area contributed by atoms with Gasteiger partial charge in [0.25, 0.3) is 5.56 Å². The van der Waals surface area contributed by atoms with Crippen LogP contribution in [0.4, 0.5) is 11.4 Å². The average molecular weight is 423 g/mol. The maximum atomic E-state index is 12.4. The highest BCUT2D eigenvalue weighted by Crippen LogP contribution is 2.22. The Morgan fingerprint density at radius 3 is 2.37 bits per heavy atom. The summed E-state index contributed by atoms with van der Waals surface area (Å²) in [6.45, 7) is 5.61. The molecule has 0 aliphatic rings. The summed E-state index contributed by atoms with van der Waals surface area (Å²) in [5, 5.41) is 13.4. The van der Waals surface area contributed by atoms with Crippen molar-refractivity contribution in [2.45, 2.75) is 26.7 Å². The number of amides is 1. The summed E-state index contributed by atoms with van der Waals surface area (Å²) in [6, 6.07) is 14.4. The summed E-state index contributed by atoms with van der Waals surface area (Å²) in [7, 11) is 0. The Labute approximate surface area is 178 Å². The number of nitrogens with zero attached hydrogens (tertiary/aromatic N) is 2. The third kappa shape index (κ3) is 4.72. The number of carbonyl (C=O) groups is 1. The normalized spacial score (nSPS) is 11.2. The van der Waals surface area contributed by atoms with Gasteiger partial charge in [0.05, 0.1) is 11.4 Å². The van der Waals surface area contributed by atoms with E-state index in [1.54, 1.807) is 24.3 Å². The Hall–Kier alpha value is -3.52. The molecule has 30 heavy (non-hydrogen) atoms. The number of aromatic hydroxyl groups is 1. The van der Waals surface area contributed by atoms with E-state index in [4.69, 9.17) is 12.2 Å². The molecule has 1 heterocycles. The topological polar surface area (TPSA) is 99.5 Å². The van der Waals surface area contributed by atoms with Crippen LogP contribution in [-0.2, 0) is 4.79 Å². The molecule has 3 N–H and O–H groups in total. The van der Waals surface area contributed by atoms with E-state index >= 15 is 0 Å². The number of hydrogen-bond acceptors (Lipinski definition) is 5. The Kier molecular flexibility index (Phi) is 6.27. The molecule has 1 aromatic heterocycles. The molecule has 0 spiro atoms. The molecule has 8 heteroatoms. The predicted molar refractivity (Wildman–Crippen MR) is 121 cm³/mol. The summed E-state index contributed by atoms with van der Waals surface area (Å²) >= 11 is 5.25. The monoisotopic (exact) mass is 422 g/mol. The zero-order chi connectivity index (χ0) is 21.8. The van der Waals surface area contributed by atoms with E-state index in [-0.39, 0.29) is 22.1 Å². The molecule has 0 bridgehead atoms. The van der Waals surface area contributed by atoms with Crippen molar-refractivity contribution < 1.29 is 9.90 Å². The molecule has 3 aromatic rings. The van der Waals surface area contributed by atoms with Gasteiger partial charge in [-0.25, -0.2) is 0 Å². The highest BCUT2D eigenvalue weighted by molar-refractivity contribution is 7.71. The van der Waals surface area contributed by atoms with E-state index in [1.807, 2.05) is 24.3 Å². The van der Waals surface area contributed by atoms with Crippen molar-refractivity contribution in [1.29, 1.82) is 0 Å². The largest absolute Gasteiger partial charge is 0.494 e. The quantitative estimate of drug-likeness (QED) is 0.418.